The van der Waals surface area contributed by atoms with E-state index in [0.717, 1.165) is 12.8 Å². The summed E-state index contributed by atoms with van der Waals surface area (Å²) in [6, 6.07) is 1.08. The van der Waals surface area contributed by atoms with Gasteiger partial charge in [-0.25, -0.2) is 13.4 Å². The van der Waals surface area contributed by atoms with Gasteiger partial charge in [0.25, 0.3) is 5.56 Å². The van der Waals surface area contributed by atoms with Crippen molar-refractivity contribution in [3.8, 4) is 0 Å². The average Bonchev–Trinajstić information content (AvgIpc) is 2.95. The largest absolute Gasteiger partial charge is 0.366 e. The Labute approximate surface area is 106 Å². The Morgan fingerprint density at radius 2 is 2.22 bits per heavy atom. The zero-order chi connectivity index (χ0) is 13.3. The summed E-state index contributed by atoms with van der Waals surface area (Å²) in [4.78, 5) is 18.5. The summed E-state index contributed by atoms with van der Waals surface area (Å²) in [5.41, 5.74) is -0.207. The molecule has 0 aromatic carbocycles. The molecule has 6 nitrogen and oxygen atoms in total. The van der Waals surface area contributed by atoms with Crippen LogP contribution in [-0.2, 0) is 9.84 Å². The van der Waals surface area contributed by atoms with Crippen molar-refractivity contribution < 1.29 is 8.42 Å². The third kappa shape index (κ3) is 3.83. The molecule has 0 saturated heterocycles. The molecule has 1 aliphatic rings. The van der Waals surface area contributed by atoms with Crippen molar-refractivity contribution in [2.75, 3.05) is 17.3 Å². The number of rotatable bonds is 5. The fourth-order valence-electron chi connectivity index (χ4n) is 1.85. The van der Waals surface area contributed by atoms with Crippen LogP contribution in [0.5, 0.6) is 0 Å². The quantitative estimate of drug-likeness (QED) is 0.813. The Bertz CT molecular complexity index is 590. The highest BCUT2D eigenvalue weighted by Gasteiger charge is 2.26. The molecular weight excluding hydrogens is 254 g/mol. The summed E-state index contributed by atoms with van der Waals surface area (Å²) in [6.07, 6.45) is 3.28. The van der Waals surface area contributed by atoms with Gasteiger partial charge in [-0.3, -0.25) is 4.79 Å². The second-order valence-electron chi connectivity index (χ2n) is 4.93. The van der Waals surface area contributed by atoms with Crippen molar-refractivity contribution in [2.45, 2.75) is 31.7 Å². The maximum absolute atomic E-state index is 11.5. The van der Waals surface area contributed by atoms with Gasteiger partial charge >= 0.3 is 0 Å². The number of H-pyrrole nitrogens is 1. The Morgan fingerprint density at radius 1 is 1.56 bits per heavy atom. The molecule has 1 saturated carbocycles. The lowest BCUT2D eigenvalue weighted by molar-refractivity contribution is 0.598. The summed E-state index contributed by atoms with van der Waals surface area (Å²) >= 11 is 0. The van der Waals surface area contributed by atoms with Crippen LogP contribution in [0.25, 0.3) is 0 Å². The molecule has 2 rings (SSSR count). The second kappa shape index (κ2) is 4.72. The van der Waals surface area contributed by atoms with E-state index in [0.29, 0.717) is 17.6 Å². The fourth-order valence-corrected chi connectivity index (χ4v) is 2.84. The number of nitrogens with one attached hydrogen (secondary N) is 2. The molecule has 0 bridgehead atoms. The standard InChI is InChI=1S/C11H17N3O3S/c1-7(6-18(2,16)17)12-9-5-10(15)14-11(13-9)8-3-4-8/h5,7-8H,3-4,6H2,1-2H3,(H2,12,13,14,15). The molecule has 1 unspecified atom stereocenters. The van der Waals surface area contributed by atoms with E-state index in [-0.39, 0.29) is 17.4 Å². The molecule has 0 aliphatic heterocycles. The lowest BCUT2D eigenvalue weighted by Crippen LogP contribution is -2.26. The first kappa shape index (κ1) is 13.1. The maximum atomic E-state index is 11.5. The summed E-state index contributed by atoms with van der Waals surface area (Å²) < 4.78 is 22.3. The first-order valence-electron chi connectivity index (χ1n) is 5.89. The van der Waals surface area contributed by atoms with Gasteiger partial charge < -0.3 is 10.3 Å². The van der Waals surface area contributed by atoms with E-state index in [1.54, 1.807) is 6.92 Å². The Hall–Kier alpha value is -1.37. The van der Waals surface area contributed by atoms with Gasteiger partial charge in [0.1, 0.15) is 21.5 Å². The molecule has 1 heterocycles. The van der Waals surface area contributed by atoms with Crippen molar-refractivity contribution in [2.24, 2.45) is 0 Å². The lowest BCUT2D eigenvalue weighted by atomic mass is 10.3. The first-order chi connectivity index (χ1) is 8.33. The lowest BCUT2D eigenvalue weighted by Gasteiger charge is -2.13. The smallest absolute Gasteiger partial charge is 0.252 e. The molecule has 100 valence electrons. The van der Waals surface area contributed by atoms with Crippen LogP contribution >= 0.6 is 0 Å². The molecular formula is C11H17N3O3S. The van der Waals surface area contributed by atoms with E-state index in [2.05, 4.69) is 15.3 Å². The monoisotopic (exact) mass is 271 g/mol. The number of sulfone groups is 1. The predicted molar refractivity (Wildman–Crippen MR) is 69.6 cm³/mol. The van der Waals surface area contributed by atoms with Crippen molar-refractivity contribution in [3.63, 3.8) is 0 Å². The van der Waals surface area contributed by atoms with Crippen molar-refractivity contribution >= 4 is 15.7 Å². The number of hydrogen-bond acceptors (Lipinski definition) is 5. The topological polar surface area (TPSA) is 91.9 Å². The molecule has 2 N–H and O–H groups in total. The summed E-state index contributed by atoms with van der Waals surface area (Å²) in [5, 5.41) is 2.95. The Balaban J connectivity index is 2.11. The average molecular weight is 271 g/mol. The normalized spacial score (nSPS) is 17.4. The molecule has 0 spiro atoms. The van der Waals surface area contributed by atoms with Crippen molar-refractivity contribution in [1.82, 2.24) is 9.97 Å². The minimum Gasteiger partial charge on any atom is -0.366 e. The highest BCUT2D eigenvalue weighted by molar-refractivity contribution is 7.90. The van der Waals surface area contributed by atoms with Crippen LogP contribution in [0, 0.1) is 0 Å². The van der Waals surface area contributed by atoms with E-state index in [4.69, 9.17) is 0 Å². The second-order valence-corrected chi connectivity index (χ2v) is 7.11. The van der Waals surface area contributed by atoms with Crippen molar-refractivity contribution in [3.05, 3.63) is 22.2 Å². The van der Waals surface area contributed by atoms with Gasteiger partial charge in [-0.15, -0.1) is 0 Å². The summed E-state index contributed by atoms with van der Waals surface area (Å²) in [6.45, 7) is 1.75. The highest BCUT2D eigenvalue weighted by atomic mass is 32.2. The number of hydrogen-bond donors (Lipinski definition) is 2. The number of aromatic amines is 1. The first-order valence-corrected chi connectivity index (χ1v) is 7.95. The minimum atomic E-state index is -3.04. The van der Waals surface area contributed by atoms with Crippen molar-refractivity contribution in [1.29, 1.82) is 0 Å². The van der Waals surface area contributed by atoms with Gasteiger partial charge in [0.2, 0.25) is 0 Å². The van der Waals surface area contributed by atoms with E-state index in [1.165, 1.54) is 12.3 Å². The van der Waals surface area contributed by atoms with E-state index < -0.39 is 9.84 Å². The Morgan fingerprint density at radius 3 is 2.78 bits per heavy atom. The molecule has 1 aromatic heterocycles. The molecule has 7 heteroatoms. The number of nitrogens with zero attached hydrogens (tertiary/aromatic N) is 1. The van der Waals surface area contributed by atoms with Gasteiger partial charge in [-0.05, 0) is 19.8 Å². The fraction of sp³-hybridized carbons (Fsp3) is 0.636. The molecule has 1 atom stereocenters. The molecule has 1 fully saturated rings. The van der Waals surface area contributed by atoms with Crippen LogP contribution in [0.15, 0.2) is 10.9 Å². The van der Waals surface area contributed by atoms with Crippen LogP contribution in [-0.4, -0.2) is 36.4 Å². The van der Waals surface area contributed by atoms with Crippen LogP contribution in [0.4, 0.5) is 5.82 Å². The van der Waals surface area contributed by atoms with Gasteiger partial charge in [0.05, 0.1) is 5.75 Å². The van der Waals surface area contributed by atoms with Crippen LogP contribution < -0.4 is 10.9 Å². The Kier molecular flexibility index (Phi) is 3.43. The van der Waals surface area contributed by atoms with Gasteiger partial charge in [0.15, 0.2) is 0 Å². The third-order valence-electron chi connectivity index (χ3n) is 2.67. The zero-order valence-corrected chi connectivity index (χ0v) is 11.3. The third-order valence-corrected chi connectivity index (χ3v) is 3.78. The predicted octanol–water partition coefficient (Wildman–Crippen LogP) is 0.492. The summed E-state index contributed by atoms with van der Waals surface area (Å²) in [7, 11) is -3.04. The van der Waals surface area contributed by atoms with Gasteiger partial charge in [-0.1, -0.05) is 0 Å². The maximum Gasteiger partial charge on any atom is 0.252 e. The number of aromatic nitrogens is 2. The van der Waals surface area contributed by atoms with Crippen LogP contribution in [0.3, 0.4) is 0 Å². The number of anilines is 1. The van der Waals surface area contributed by atoms with E-state index >= 15 is 0 Å². The molecule has 1 aliphatic carbocycles. The van der Waals surface area contributed by atoms with E-state index in [1.807, 2.05) is 0 Å². The SMILES string of the molecule is CC(CS(C)(=O)=O)Nc1cc(=O)[nH]c(C2CC2)n1. The van der Waals surface area contributed by atoms with Crippen LogP contribution in [0.2, 0.25) is 0 Å². The highest BCUT2D eigenvalue weighted by Crippen LogP contribution is 2.37. The summed E-state index contributed by atoms with van der Waals surface area (Å²) in [5.74, 6) is 1.50. The zero-order valence-electron chi connectivity index (χ0n) is 10.4. The van der Waals surface area contributed by atoms with Gasteiger partial charge in [0, 0.05) is 24.3 Å². The molecule has 18 heavy (non-hydrogen) atoms. The minimum absolute atomic E-state index is 0.0141. The van der Waals surface area contributed by atoms with Gasteiger partial charge in [-0.2, -0.15) is 0 Å². The molecule has 1 aromatic rings. The molecule has 0 radical (unpaired) electrons. The van der Waals surface area contributed by atoms with E-state index in [9.17, 15) is 13.2 Å². The molecule has 0 amide bonds. The van der Waals surface area contributed by atoms with Crippen LogP contribution in [0.1, 0.15) is 31.5 Å².